The SMILES string of the molecule is CCOP(=S)(O[C@@H]1C[C@H](C)CC[C@H]1C(C)C)SCl. The number of hydrogen-bond acceptors (Lipinski definition) is 4. The monoisotopic (exact) mass is 330 g/mol. The van der Waals surface area contributed by atoms with Gasteiger partial charge < -0.3 is 9.05 Å². The fourth-order valence-electron chi connectivity index (χ4n) is 2.63. The average molecular weight is 331 g/mol. The number of rotatable bonds is 6. The lowest BCUT2D eigenvalue weighted by Crippen LogP contribution is -2.33. The van der Waals surface area contributed by atoms with Crippen LogP contribution < -0.4 is 0 Å². The van der Waals surface area contributed by atoms with E-state index in [4.69, 9.17) is 31.5 Å². The predicted molar refractivity (Wildman–Crippen MR) is 85.6 cm³/mol. The van der Waals surface area contributed by atoms with Crippen LogP contribution >= 0.6 is 27.0 Å². The van der Waals surface area contributed by atoms with Gasteiger partial charge in [0.1, 0.15) is 0 Å². The Labute approximate surface area is 125 Å². The predicted octanol–water partition coefficient (Wildman–Crippen LogP) is 5.61. The van der Waals surface area contributed by atoms with Crippen molar-refractivity contribution in [3.05, 3.63) is 0 Å². The molecule has 1 aliphatic rings. The highest BCUT2D eigenvalue weighted by Crippen LogP contribution is 2.65. The summed E-state index contributed by atoms with van der Waals surface area (Å²) >= 11 is 5.46. The smallest absolute Gasteiger partial charge is 0.263 e. The van der Waals surface area contributed by atoms with Crippen LogP contribution in [0.2, 0.25) is 0 Å². The maximum absolute atomic E-state index is 6.15. The second kappa shape index (κ2) is 7.85. The minimum absolute atomic E-state index is 0.206. The summed E-state index contributed by atoms with van der Waals surface area (Å²) in [5.74, 6) is 1.90. The first-order valence-corrected chi connectivity index (χ1v) is 11.5. The molecule has 1 saturated carbocycles. The minimum Gasteiger partial charge on any atom is -0.321 e. The van der Waals surface area contributed by atoms with Gasteiger partial charge in [-0.05, 0) is 60.0 Å². The van der Waals surface area contributed by atoms with E-state index in [1.54, 1.807) is 0 Å². The lowest BCUT2D eigenvalue weighted by atomic mass is 9.75. The van der Waals surface area contributed by atoms with Crippen LogP contribution in [0, 0.1) is 17.8 Å². The van der Waals surface area contributed by atoms with Crippen LogP contribution in [0.1, 0.15) is 47.0 Å². The largest absolute Gasteiger partial charge is 0.321 e. The van der Waals surface area contributed by atoms with Crippen LogP contribution in [0.25, 0.3) is 0 Å². The molecule has 108 valence electrons. The van der Waals surface area contributed by atoms with E-state index in [-0.39, 0.29) is 6.10 Å². The summed E-state index contributed by atoms with van der Waals surface area (Å²) in [6.45, 7) is 9.29. The molecule has 6 heteroatoms. The molecule has 2 nitrogen and oxygen atoms in total. The van der Waals surface area contributed by atoms with Crippen LogP contribution in [0.3, 0.4) is 0 Å². The first kappa shape index (κ1) is 17.3. The van der Waals surface area contributed by atoms with E-state index in [0.29, 0.717) is 24.4 Å². The summed E-state index contributed by atoms with van der Waals surface area (Å²) in [5.41, 5.74) is -2.36. The Hall–Kier alpha value is 1.21. The highest BCUT2D eigenvalue weighted by Gasteiger charge is 2.35. The highest BCUT2D eigenvalue weighted by atomic mass is 35.7. The summed E-state index contributed by atoms with van der Waals surface area (Å²) in [5, 5.41) is 0. The van der Waals surface area contributed by atoms with Gasteiger partial charge in [0.05, 0.1) is 12.7 Å². The molecule has 1 fully saturated rings. The third kappa shape index (κ3) is 4.96. The molecule has 0 aromatic heterocycles. The topological polar surface area (TPSA) is 18.5 Å². The van der Waals surface area contributed by atoms with Gasteiger partial charge in [-0.3, -0.25) is 0 Å². The molecule has 0 spiro atoms. The lowest BCUT2D eigenvalue weighted by Gasteiger charge is -2.38. The van der Waals surface area contributed by atoms with Crippen LogP contribution in [0.4, 0.5) is 0 Å². The van der Waals surface area contributed by atoms with Crippen molar-refractivity contribution >= 4 is 38.8 Å². The average Bonchev–Trinajstić information content (AvgIpc) is 2.29. The van der Waals surface area contributed by atoms with Crippen molar-refractivity contribution in [2.45, 2.75) is 53.1 Å². The second-order valence-corrected chi connectivity index (χ2v) is 12.1. The molecular weight excluding hydrogens is 307 g/mol. The molecule has 1 aliphatic carbocycles. The van der Waals surface area contributed by atoms with E-state index in [0.717, 1.165) is 17.0 Å². The van der Waals surface area contributed by atoms with Crippen molar-refractivity contribution in [3.8, 4) is 0 Å². The molecule has 1 rings (SSSR count). The maximum Gasteiger partial charge on any atom is 0.263 e. The Morgan fingerprint density at radius 2 is 2.11 bits per heavy atom. The first-order valence-electron chi connectivity index (χ1n) is 6.65. The fourth-order valence-corrected chi connectivity index (χ4v) is 5.81. The van der Waals surface area contributed by atoms with Crippen molar-refractivity contribution in [1.29, 1.82) is 0 Å². The minimum atomic E-state index is -2.36. The Bertz CT molecular complexity index is 302. The molecule has 0 bridgehead atoms. The van der Waals surface area contributed by atoms with Crippen LogP contribution in [-0.4, -0.2) is 12.7 Å². The molecule has 0 aromatic rings. The Kier molecular flexibility index (Phi) is 7.53. The molecule has 4 atom stereocenters. The van der Waals surface area contributed by atoms with Gasteiger partial charge in [0.25, 0.3) is 5.69 Å². The van der Waals surface area contributed by atoms with E-state index < -0.39 is 5.69 Å². The molecule has 0 amide bonds. The van der Waals surface area contributed by atoms with Crippen LogP contribution in [0.15, 0.2) is 0 Å². The standard InChI is InChI=1S/C12H24ClO2PS2/c1-5-14-16(17,18-13)15-12-8-10(4)6-7-11(12)9(2)3/h9-12H,5-8H2,1-4H3/t10-,11+,12-,16?/m1/s1. The van der Waals surface area contributed by atoms with Gasteiger partial charge in [-0.2, -0.15) is 0 Å². The van der Waals surface area contributed by atoms with Gasteiger partial charge in [0.2, 0.25) is 0 Å². The highest BCUT2D eigenvalue weighted by molar-refractivity contribution is 8.76. The van der Waals surface area contributed by atoms with E-state index in [2.05, 4.69) is 20.8 Å². The zero-order chi connectivity index (χ0) is 13.8. The molecule has 18 heavy (non-hydrogen) atoms. The van der Waals surface area contributed by atoms with Gasteiger partial charge >= 0.3 is 0 Å². The van der Waals surface area contributed by atoms with Gasteiger partial charge in [0.15, 0.2) is 0 Å². The van der Waals surface area contributed by atoms with Crippen molar-refractivity contribution < 1.29 is 9.05 Å². The molecule has 0 aliphatic heterocycles. The maximum atomic E-state index is 6.15. The van der Waals surface area contributed by atoms with Gasteiger partial charge in [-0.1, -0.05) is 27.2 Å². The van der Waals surface area contributed by atoms with Gasteiger partial charge in [0, 0.05) is 10.6 Å². The Balaban J connectivity index is 2.73. The molecular formula is C12H24ClO2PS2. The molecule has 0 aromatic carbocycles. The summed E-state index contributed by atoms with van der Waals surface area (Å²) < 4.78 is 11.7. The molecule has 0 heterocycles. The number of halogens is 1. The Morgan fingerprint density at radius 3 is 2.61 bits per heavy atom. The second-order valence-electron chi connectivity index (χ2n) is 5.40. The van der Waals surface area contributed by atoms with Crippen molar-refractivity contribution in [2.24, 2.45) is 17.8 Å². The molecule has 1 unspecified atom stereocenters. The Morgan fingerprint density at radius 1 is 1.44 bits per heavy atom. The summed E-state index contributed by atoms with van der Waals surface area (Å²) in [7, 11) is 6.94. The zero-order valence-electron chi connectivity index (χ0n) is 11.6. The lowest BCUT2D eigenvalue weighted by molar-refractivity contribution is 0.0461. The first-order chi connectivity index (χ1) is 8.41. The third-order valence-electron chi connectivity index (χ3n) is 3.60. The van der Waals surface area contributed by atoms with Crippen LogP contribution in [0.5, 0.6) is 0 Å². The fraction of sp³-hybridized carbons (Fsp3) is 1.00. The van der Waals surface area contributed by atoms with Crippen molar-refractivity contribution in [3.63, 3.8) is 0 Å². The zero-order valence-corrected chi connectivity index (χ0v) is 14.9. The summed E-state index contributed by atoms with van der Waals surface area (Å²) in [6, 6.07) is 0. The summed E-state index contributed by atoms with van der Waals surface area (Å²) in [6.07, 6.45) is 3.79. The van der Waals surface area contributed by atoms with E-state index in [1.807, 2.05) is 6.92 Å². The normalized spacial score (nSPS) is 32.4. The van der Waals surface area contributed by atoms with E-state index in [9.17, 15) is 0 Å². The summed E-state index contributed by atoms with van der Waals surface area (Å²) in [4.78, 5) is 0. The molecule has 0 saturated heterocycles. The van der Waals surface area contributed by atoms with Gasteiger partial charge in [-0.15, -0.1) is 0 Å². The van der Waals surface area contributed by atoms with Crippen molar-refractivity contribution in [1.82, 2.24) is 0 Å². The quantitative estimate of drug-likeness (QED) is 0.589. The van der Waals surface area contributed by atoms with E-state index in [1.165, 1.54) is 12.8 Å². The van der Waals surface area contributed by atoms with Gasteiger partial charge in [-0.25, -0.2) is 0 Å². The molecule has 0 N–H and O–H groups in total. The number of hydrogen-bond donors (Lipinski definition) is 0. The van der Waals surface area contributed by atoms with Crippen molar-refractivity contribution in [2.75, 3.05) is 6.61 Å². The van der Waals surface area contributed by atoms with E-state index >= 15 is 0 Å². The van der Waals surface area contributed by atoms with Crippen LogP contribution in [-0.2, 0) is 20.9 Å². The third-order valence-corrected chi connectivity index (χ3v) is 9.57. The molecule has 0 radical (unpaired) electrons.